The third-order valence-corrected chi connectivity index (χ3v) is 7.23. The fourth-order valence-electron chi connectivity index (χ4n) is 3.60. The van der Waals surface area contributed by atoms with Gasteiger partial charge in [-0.2, -0.15) is 0 Å². The number of rotatable bonds is 3. The van der Waals surface area contributed by atoms with Crippen LogP contribution in [0.1, 0.15) is 26.7 Å². The molecule has 1 aromatic carbocycles. The monoisotopic (exact) mass is 310 g/mol. The maximum atomic E-state index is 6.18. The van der Waals surface area contributed by atoms with E-state index in [1.54, 1.807) is 0 Å². The summed E-state index contributed by atoms with van der Waals surface area (Å²) in [6.45, 7) is 5.71. The van der Waals surface area contributed by atoms with Crippen LogP contribution in [0.4, 0.5) is 0 Å². The summed E-state index contributed by atoms with van der Waals surface area (Å²) in [5.41, 5.74) is 0.188. The molecule has 1 aliphatic carbocycles. The van der Waals surface area contributed by atoms with E-state index in [0.29, 0.717) is 15.0 Å². The number of ether oxygens (including phenoxy) is 1. The molecule has 1 aliphatic heterocycles. The molecule has 1 nitrogen and oxygen atoms in total. The molecule has 0 aromatic heterocycles. The zero-order valence-electron chi connectivity index (χ0n) is 11.3. The molecule has 3 rings (SSSR count). The second-order valence-corrected chi connectivity index (χ2v) is 8.33. The van der Waals surface area contributed by atoms with Crippen LogP contribution in [0.2, 0.25) is 5.32 Å². The normalized spacial score (nSPS) is 38.9. The summed E-state index contributed by atoms with van der Waals surface area (Å²) in [4.78, 5) is 0. The maximum absolute atomic E-state index is 6.18. The number of benzene rings is 1. The standard InChI is InChI=1S/C16H22OSe/c1-12-10-17-16(2)9-8-14(12)15(16)11-18-13-6-4-3-5-7-13/h3-7,12,14-15H,8-11H2,1-2H3/t12-,14-,15+,16-/m1/s1. The van der Waals surface area contributed by atoms with Crippen LogP contribution in [0.5, 0.6) is 0 Å². The first-order valence-electron chi connectivity index (χ1n) is 7.01. The van der Waals surface area contributed by atoms with Crippen LogP contribution in [0.3, 0.4) is 0 Å². The van der Waals surface area contributed by atoms with Crippen molar-refractivity contribution in [2.75, 3.05) is 6.61 Å². The third-order valence-electron chi connectivity index (χ3n) is 4.85. The molecular weight excluding hydrogens is 287 g/mol. The van der Waals surface area contributed by atoms with Crippen molar-refractivity contribution in [3.63, 3.8) is 0 Å². The number of hydrogen-bond acceptors (Lipinski definition) is 1. The van der Waals surface area contributed by atoms with E-state index >= 15 is 0 Å². The van der Waals surface area contributed by atoms with Crippen molar-refractivity contribution in [2.24, 2.45) is 17.8 Å². The Hall–Kier alpha value is -0.301. The molecule has 1 aromatic rings. The van der Waals surface area contributed by atoms with Gasteiger partial charge in [-0.1, -0.05) is 0 Å². The summed E-state index contributed by atoms with van der Waals surface area (Å²) in [6.07, 6.45) is 2.66. The summed E-state index contributed by atoms with van der Waals surface area (Å²) in [5, 5.41) is 1.35. The summed E-state index contributed by atoms with van der Waals surface area (Å²) < 4.78 is 7.71. The Morgan fingerprint density at radius 1 is 1.33 bits per heavy atom. The van der Waals surface area contributed by atoms with Crippen LogP contribution in [0.15, 0.2) is 30.3 Å². The van der Waals surface area contributed by atoms with Gasteiger partial charge >= 0.3 is 116 Å². The van der Waals surface area contributed by atoms with Gasteiger partial charge in [-0.3, -0.25) is 0 Å². The molecular formula is C16H22OSe. The Balaban J connectivity index is 1.69. The minimum absolute atomic E-state index is 0.188. The average Bonchev–Trinajstić information content (AvgIpc) is 2.64. The van der Waals surface area contributed by atoms with Gasteiger partial charge in [0.25, 0.3) is 0 Å². The molecule has 0 unspecified atom stereocenters. The quantitative estimate of drug-likeness (QED) is 0.780. The zero-order valence-corrected chi connectivity index (χ0v) is 13.0. The van der Waals surface area contributed by atoms with E-state index in [1.807, 2.05) is 0 Å². The van der Waals surface area contributed by atoms with Crippen LogP contribution in [-0.4, -0.2) is 27.2 Å². The fourth-order valence-corrected chi connectivity index (χ4v) is 6.37. The molecule has 2 fully saturated rings. The van der Waals surface area contributed by atoms with Crippen molar-refractivity contribution < 1.29 is 4.74 Å². The zero-order chi connectivity index (χ0) is 12.6. The molecule has 2 aliphatic rings. The van der Waals surface area contributed by atoms with Gasteiger partial charge in [-0.25, -0.2) is 0 Å². The molecule has 4 atom stereocenters. The molecule has 1 saturated heterocycles. The van der Waals surface area contributed by atoms with Gasteiger partial charge in [0.05, 0.1) is 0 Å². The van der Waals surface area contributed by atoms with Crippen LogP contribution >= 0.6 is 0 Å². The Morgan fingerprint density at radius 3 is 2.89 bits per heavy atom. The predicted octanol–water partition coefficient (Wildman–Crippen LogP) is 2.89. The van der Waals surface area contributed by atoms with Crippen LogP contribution < -0.4 is 4.46 Å². The molecule has 0 N–H and O–H groups in total. The van der Waals surface area contributed by atoms with E-state index in [4.69, 9.17) is 4.74 Å². The van der Waals surface area contributed by atoms with Gasteiger partial charge < -0.3 is 0 Å². The van der Waals surface area contributed by atoms with Gasteiger partial charge in [0.1, 0.15) is 0 Å². The Bertz CT molecular complexity index is 405. The van der Waals surface area contributed by atoms with Crippen molar-refractivity contribution >= 4 is 19.4 Å². The SMILES string of the molecule is C[C@@H]1CO[C@]2(C)CC[C@H]1[C@@H]2C[Se]c1ccccc1. The Labute approximate surface area is 116 Å². The first-order valence-corrected chi connectivity index (χ1v) is 9.08. The molecule has 18 heavy (non-hydrogen) atoms. The Morgan fingerprint density at radius 2 is 2.11 bits per heavy atom. The first kappa shape index (κ1) is 12.7. The van der Waals surface area contributed by atoms with Crippen molar-refractivity contribution in [3.05, 3.63) is 30.3 Å². The van der Waals surface area contributed by atoms with E-state index in [9.17, 15) is 0 Å². The van der Waals surface area contributed by atoms with Gasteiger partial charge in [-0.15, -0.1) is 0 Å². The summed E-state index contributed by atoms with van der Waals surface area (Å²) in [6, 6.07) is 11.0. The fraction of sp³-hybridized carbons (Fsp3) is 0.625. The van der Waals surface area contributed by atoms with Gasteiger partial charge in [0, 0.05) is 0 Å². The molecule has 2 bridgehead atoms. The minimum atomic E-state index is 0.188. The van der Waals surface area contributed by atoms with Crippen molar-refractivity contribution in [2.45, 2.75) is 37.6 Å². The molecule has 0 spiro atoms. The molecule has 0 radical (unpaired) electrons. The second-order valence-electron chi connectivity index (χ2n) is 6.03. The molecule has 98 valence electrons. The van der Waals surface area contributed by atoms with Crippen molar-refractivity contribution in [1.29, 1.82) is 0 Å². The Kier molecular flexibility index (Phi) is 3.53. The van der Waals surface area contributed by atoms with Gasteiger partial charge in [-0.05, 0) is 0 Å². The van der Waals surface area contributed by atoms with E-state index in [2.05, 4.69) is 44.2 Å². The number of fused-ring (bicyclic) bond motifs is 2. The predicted molar refractivity (Wildman–Crippen MR) is 76.4 cm³/mol. The van der Waals surface area contributed by atoms with Crippen molar-refractivity contribution in [1.82, 2.24) is 0 Å². The van der Waals surface area contributed by atoms with Gasteiger partial charge in [0.2, 0.25) is 0 Å². The molecule has 1 heterocycles. The summed E-state index contributed by atoms with van der Waals surface area (Å²) in [7, 11) is 0. The summed E-state index contributed by atoms with van der Waals surface area (Å²) >= 11 is 0.607. The van der Waals surface area contributed by atoms with Crippen molar-refractivity contribution in [3.8, 4) is 0 Å². The first-order chi connectivity index (χ1) is 8.69. The van der Waals surface area contributed by atoms with E-state index in [1.165, 1.54) is 22.6 Å². The molecule has 1 saturated carbocycles. The van der Waals surface area contributed by atoms with E-state index < -0.39 is 0 Å². The van der Waals surface area contributed by atoms with Gasteiger partial charge in [0.15, 0.2) is 0 Å². The summed E-state index contributed by atoms with van der Waals surface area (Å²) in [5.74, 6) is 2.47. The van der Waals surface area contributed by atoms with Crippen LogP contribution in [0.25, 0.3) is 0 Å². The van der Waals surface area contributed by atoms with Crippen LogP contribution in [0, 0.1) is 17.8 Å². The number of hydrogen-bond donors (Lipinski definition) is 0. The van der Waals surface area contributed by atoms with E-state index in [0.717, 1.165) is 24.4 Å². The average molecular weight is 309 g/mol. The van der Waals surface area contributed by atoms with Crippen LogP contribution in [-0.2, 0) is 4.74 Å². The van der Waals surface area contributed by atoms with E-state index in [-0.39, 0.29) is 5.60 Å². The topological polar surface area (TPSA) is 9.23 Å². The second kappa shape index (κ2) is 5.00. The molecule has 2 heteroatoms. The third kappa shape index (κ3) is 2.27. The molecule has 0 amide bonds.